The van der Waals surface area contributed by atoms with Gasteiger partial charge in [0, 0.05) is 18.9 Å². The Hall–Kier alpha value is -2.07. The standard InChI is InChI=1S/C12H12N4/c1-2-7-16(9-10-3-4-10)12-11(8-13)14-5-6-15-12/h1,5-6,10H,3-4,7,9H2. The molecule has 4 heteroatoms. The second-order valence-corrected chi connectivity index (χ2v) is 3.87. The number of nitrogens with zero attached hydrogens (tertiary/aromatic N) is 4. The monoisotopic (exact) mass is 212 g/mol. The summed E-state index contributed by atoms with van der Waals surface area (Å²) in [6.07, 6.45) is 10.9. The molecule has 1 aromatic rings. The maximum Gasteiger partial charge on any atom is 0.183 e. The molecule has 16 heavy (non-hydrogen) atoms. The lowest BCUT2D eigenvalue weighted by Gasteiger charge is -2.21. The molecule has 0 N–H and O–H groups in total. The molecule has 0 saturated heterocycles. The van der Waals surface area contributed by atoms with Gasteiger partial charge in [0.2, 0.25) is 0 Å². The minimum atomic E-state index is 0.346. The molecule has 0 aromatic carbocycles. The molecule has 1 aliphatic carbocycles. The summed E-state index contributed by atoms with van der Waals surface area (Å²) in [5, 5.41) is 8.95. The number of hydrogen-bond donors (Lipinski definition) is 0. The van der Waals surface area contributed by atoms with Crippen LogP contribution in [0.15, 0.2) is 12.4 Å². The minimum Gasteiger partial charge on any atom is -0.343 e. The van der Waals surface area contributed by atoms with E-state index in [-0.39, 0.29) is 0 Å². The Balaban J connectivity index is 2.23. The SMILES string of the molecule is C#CCN(CC1CC1)c1nccnc1C#N. The van der Waals surface area contributed by atoms with E-state index in [1.54, 1.807) is 6.20 Å². The summed E-state index contributed by atoms with van der Waals surface area (Å²) < 4.78 is 0. The molecule has 4 nitrogen and oxygen atoms in total. The van der Waals surface area contributed by atoms with Crippen molar-refractivity contribution < 1.29 is 0 Å². The lowest BCUT2D eigenvalue weighted by Crippen LogP contribution is -2.28. The third-order valence-corrected chi connectivity index (χ3v) is 2.54. The van der Waals surface area contributed by atoms with Crippen molar-refractivity contribution in [1.29, 1.82) is 5.26 Å². The summed E-state index contributed by atoms with van der Waals surface area (Å²) in [5.41, 5.74) is 0.346. The van der Waals surface area contributed by atoms with Crippen molar-refractivity contribution in [1.82, 2.24) is 9.97 Å². The van der Waals surface area contributed by atoms with Crippen LogP contribution in [-0.2, 0) is 0 Å². The first-order chi connectivity index (χ1) is 7.85. The molecule has 1 aliphatic rings. The first-order valence-electron chi connectivity index (χ1n) is 5.24. The predicted octanol–water partition coefficient (Wildman–Crippen LogP) is 1.20. The molecule has 80 valence electrons. The Morgan fingerprint density at radius 3 is 2.81 bits per heavy atom. The number of nitriles is 1. The van der Waals surface area contributed by atoms with E-state index in [4.69, 9.17) is 11.7 Å². The van der Waals surface area contributed by atoms with Gasteiger partial charge in [-0.25, -0.2) is 9.97 Å². The number of rotatable bonds is 4. The van der Waals surface area contributed by atoms with Crippen LogP contribution in [0.3, 0.4) is 0 Å². The quantitative estimate of drug-likeness (QED) is 0.704. The van der Waals surface area contributed by atoms with Crippen LogP contribution in [0.5, 0.6) is 0 Å². The molecule has 1 saturated carbocycles. The average molecular weight is 212 g/mol. The van der Waals surface area contributed by atoms with Gasteiger partial charge in [-0.1, -0.05) is 5.92 Å². The summed E-state index contributed by atoms with van der Waals surface area (Å²) >= 11 is 0. The van der Waals surface area contributed by atoms with Crippen LogP contribution in [0, 0.1) is 29.6 Å². The highest BCUT2D eigenvalue weighted by Crippen LogP contribution is 2.31. The van der Waals surface area contributed by atoms with Crippen LogP contribution in [0.4, 0.5) is 5.82 Å². The maximum atomic E-state index is 8.95. The van der Waals surface area contributed by atoms with Crippen molar-refractivity contribution in [3.63, 3.8) is 0 Å². The number of terminal acetylenes is 1. The van der Waals surface area contributed by atoms with Crippen molar-refractivity contribution in [3.05, 3.63) is 18.1 Å². The van der Waals surface area contributed by atoms with Gasteiger partial charge in [0.25, 0.3) is 0 Å². The van der Waals surface area contributed by atoms with E-state index >= 15 is 0 Å². The van der Waals surface area contributed by atoms with Crippen molar-refractivity contribution in [2.45, 2.75) is 12.8 Å². The summed E-state index contributed by atoms with van der Waals surface area (Å²) in [7, 11) is 0. The highest BCUT2D eigenvalue weighted by molar-refractivity contribution is 5.50. The molecular formula is C12H12N4. The zero-order chi connectivity index (χ0) is 11.4. The Morgan fingerprint density at radius 1 is 1.44 bits per heavy atom. The fourth-order valence-corrected chi connectivity index (χ4v) is 1.59. The van der Waals surface area contributed by atoms with Crippen LogP contribution < -0.4 is 4.90 Å². The van der Waals surface area contributed by atoms with E-state index in [1.165, 1.54) is 19.0 Å². The summed E-state index contributed by atoms with van der Waals surface area (Å²) in [6.45, 7) is 1.35. The Morgan fingerprint density at radius 2 is 2.19 bits per heavy atom. The van der Waals surface area contributed by atoms with Gasteiger partial charge >= 0.3 is 0 Å². The molecular weight excluding hydrogens is 200 g/mol. The molecule has 1 fully saturated rings. The number of hydrogen-bond acceptors (Lipinski definition) is 4. The lowest BCUT2D eigenvalue weighted by atomic mass is 10.3. The van der Waals surface area contributed by atoms with Crippen molar-refractivity contribution in [2.24, 2.45) is 5.92 Å². The topological polar surface area (TPSA) is 52.8 Å². The molecule has 1 aromatic heterocycles. The smallest absolute Gasteiger partial charge is 0.183 e. The van der Waals surface area contributed by atoms with Gasteiger partial charge in [0.05, 0.1) is 6.54 Å². The lowest BCUT2D eigenvalue weighted by molar-refractivity contribution is 0.751. The first-order valence-corrected chi connectivity index (χ1v) is 5.24. The van der Waals surface area contributed by atoms with Crippen LogP contribution in [0.2, 0.25) is 0 Å². The molecule has 0 atom stereocenters. The van der Waals surface area contributed by atoms with Crippen LogP contribution >= 0.6 is 0 Å². The van der Waals surface area contributed by atoms with E-state index in [1.807, 2.05) is 11.0 Å². The van der Waals surface area contributed by atoms with Gasteiger partial charge in [-0.2, -0.15) is 5.26 Å². The van der Waals surface area contributed by atoms with Crippen LogP contribution in [0.1, 0.15) is 18.5 Å². The Labute approximate surface area is 94.9 Å². The van der Waals surface area contributed by atoms with Crippen molar-refractivity contribution in [2.75, 3.05) is 18.0 Å². The highest BCUT2D eigenvalue weighted by Gasteiger charge is 2.25. The summed E-state index contributed by atoms with van der Waals surface area (Å²) in [5.74, 6) is 3.90. The molecule has 2 rings (SSSR count). The molecule has 0 radical (unpaired) electrons. The molecule has 0 unspecified atom stereocenters. The fourth-order valence-electron chi connectivity index (χ4n) is 1.59. The molecule has 0 spiro atoms. The molecule has 0 aliphatic heterocycles. The van der Waals surface area contributed by atoms with Crippen molar-refractivity contribution in [3.8, 4) is 18.4 Å². The van der Waals surface area contributed by atoms with E-state index in [0.29, 0.717) is 24.0 Å². The predicted molar refractivity (Wildman–Crippen MR) is 60.5 cm³/mol. The second kappa shape index (κ2) is 4.63. The van der Waals surface area contributed by atoms with Gasteiger partial charge in [0.1, 0.15) is 6.07 Å². The molecule has 1 heterocycles. The summed E-state index contributed by atoms with van der Waals surface area (Å²) in [4.78, 5) is 10.2. The fraction of sp³-hybridized carbons (Fsp3) is 0.417. The second-order valence-electron chi connectivity index (χ2n) is 3.87. The van der Waals surface area contributed by atoms with E-state index in [9.17, 15) is 0 Å². The van der Waals surface area contributed by atoms with E-state index in [2.05, 4.69) is 15.9 Å². The van der Waals surface area contributed by atoms with Gasteiger partial charge in [-0.05, 0) is 18.8 Å². The number of aromatic nitrogens is 2. The third-order valence-electron chi connectivity index (χ3n) is 2.54. The largest absolute Gasteiger partial charge is 0.343 e. The van der Waals surface area contributed by atoms with Crippen LogP contribution in [-0.4, -0.2) is 23.1 Å². The van der Waals surface area contributed by atoms with Gasteiger partial charge in [-0.3, -0.25) is 0 Å². The van der Waals surface area contributed by atoms with Gasteiger partial charge in [0.15, 0.2) is 11.5 Å². The molecule has 0 bridgehead atoms. The number of anilines is 1. The first kappa shape index (κ1) is 10.4. The summed E-state index contributed by atoms with van der Waals surface area (Å²) in [6, 6.07) is 2.04. The third kappa shape index (κ3) is 2.29. The van der Waals surface area contributed by atoms with Gasteiger partial charge in [-0.15, -0.1) is 6.42 Å². The van der Waals surface area contributed by atoms with E-state index in [0.717, 1.165) is 6.54 Å². The van der Waals surface area contributed by atoms with E-state index < -0.39 is 0 Å². The van der Waals surface area contributed by atoms with Crippen molar-refractivity contribution >= 4 is 5.82 Å². The Bertz CT molecular complexity index is 451. The Kier molecular flexibility index (Phi) is 3.03. The minimum absolute atomic E-state index is 0.346. The highest BCUT2D eigenvalue weighted by atomic mass is 15.2. The van der Waals surface area contributed by atoms with Gasteiger partial charge < -0.3 is 4.90 Å². The maximum absolute atomic E-state index is 8.95. The normalized spacial score (nSPS) is 13.9. The molecule has 0 amide bonds. The zero-order valence-corrected chi connectivity index (χ0v) is 8.93. The average Bonchev–Trinajstić information content (AvgIpc) is 3.12. The zero-order valence-electron chi connectivity index (χ0n) is 8.93. The van der Waals surface area contributed by atoms with Crippen LogP contribution in [0.25, 0.3) is 0 Å².